The standard InChI is InChI=1S/C14H19N3O2/c1-10(2)11-6-7-14(19-3)12(9-11)13(18)5-4-8-16-17-15/h6-7,9-10H,4-5,8H2,1-3H3. The highest BCUT2D eigenvalue weighted by Crippen LogP contribution is 2.25. The van der Waals surface area contributed by atoms with Gasteiger partial charge in [-0.05, 0) is 35.6 Å². The van der Waals surface area contributed by atoms with Gasteiger partial charge in [-0.2, -0.15) is 0 Å². The van der Waals surface area contributed by atoms with Gasteiger partial charge in [0.1, 0.15) is 5.75 Å². The van der Waals surface area contributed by atoms with E-state index in [1.54, 1.807) is 7.11 Å². The Labute approximate surface area is 113 Å². The third-order valence-corrected chi connectivity index (χ3v) is 2.92. The van der Waals surface area contributed by atoms with Crippen molar-refractivity contribution in [3.63, 3.8) is 0 Å². The van der Waals surface area contributed by atoms with Crippen LogP contribution in [-0.4, -0.2) is 19.4 Å². The monoisotopic (exact) mass is 261 g/mol. The number of hydrogen-bond acceptors (Lipinski definition) is 3. The highest BCUT2D eigenvalue weighted by Gasteiger charge is 2.13. The molecule has 0 aliphatic carbocycles. The maximum atomic E-state index is 12.1. The summed E-state index contributed by atoms with van der Waals surface area (Å²) in [5.41, 5.74) is 9.90. The minimum atomic E-state index is 0.0208. The van der Waals surface area contributed by atoms with Crippen LogP contribution in [0.5, 0.6) is 5.75 Å². The lowest BCUT2D eigenvalue weighted by Gasteiger charge is -2.11. The van der Waals surface area contributed by atoms with E-state index in [-0.39, 0.29) is 5.78 Å². The highest BCUT2D eigenvalue weighted by atomic mass is 16.5. The summed E-state index contributed by atoms with van der Waals surface area (Å²) >= 11 is 0. The Bertz CT molecular complexity index is 491. The van der Waals surface area contributed by atoms with Crippen LogP contribution in [0.4, 0.5) is 0 Å². The van der Waals surface area contributed by atoms with Crippen LogP contribution in [0, 0.1) is 0 Å². The van der Waals surface area contributed by atoms with E-state index < -0.39 is 0 Å². The van der Waals surface area contributed by atoms with Gasteiger partial charge in [-0.15, -0.1) is 0 Å². The van der Waals surface area contributed by atoms with Crippen LogP contribution in [0.25, 0.3) is 10.4 Å². The fourth-order valence-electron chi connectivity index (χ4n) is 1.79. The maximum absolute atomic E-state index is 12.1. The first-order valence-corrected chi connectivity index (χ1v) is 6.32. The molecule has 5 heteroatoms. The van der Waals surface area contributed by atoms with E-state index in [1.807, 2.05) is 18.2 Å². The van der Waals surface area contributed by atoms with E-state index in [4.69, 9.17) is 10.3 Å². The van der Waals surface area contributed by atoms with Crippen LogP contribution in [0.15, 0.2) is 23.3 Å². The fourth-order valence-corrected chi connectivity index (χ4v) is 1.79. The minimum Gasteiger partial charge on any atom is -0.496 e. The number of ether oxygens (including phenoxy) is 1. The zero-order chi connectivity index (χ0) is 14.3. The highest BCUT2D eigenvalue weighted by molar-refractivity contribution is 5.98. The molecule has 0 fully saturated rings. The number of nitrogens with zero attached hydrogens (tertiary/aromatic N) is 3. The van der Waals surface area contributed by atoms with Crippen molar-refractivity contribution in [2.75, 3.05) is 13.7 Å². The summed E-state index contributed by atoms with van der Waals surface area (Å²) in [6, 6.07) is 5.69. The molecule has 102 valence electrons. The van der Waals surface area contributed by atoms with E-state index in [2.05, 4.69) is 23.9 Å². The average Bonchev–Trinajstić information content (AvgIpc) is 2.42. The van der Waals surface area contributed by atoms with E-state index in [0.29, 0.717) is 36.6 Å². The van der Waals surface area contributed by atoms with Crippen LogP contribution >= 0.6 is 0 Å². The number of ketones is 1. The maximum Gasteiger partial charge on any atom is 0.166 e. The first-order valence-electron chi connectivity index (χ1n) is 6.32. The molecule has 0 atom stereocenters. The van der Waals surface area contributed by atoms with Crippen molar-refractivity contribution in [2.45, 2.75) is 32.6 Å². The molecule has 0 aliphatic rings. The zero-order valence-corrected chi connectivity index (χ0v) is 11.6. The Morgan fingerprint density at radius 2 is 2.21 bits per heavy atom. The van der Waals surface area contributed by atoms with Gasteiger partial charge in [0.2, 0.25) is 0 Å². The molecule has 0 saturated carbocycles. The molecule has 0 saturated heterocycles. The molecule has 0 unspecified atom stereocenters. The molecule has 19 heavy (non-hydrogen) atoms. The minimum absolute atomic E-state index is 0.0208. The number of rotatable bonds is 7. The van der Waals surface area contributed by atoms with Gasteiger partial charge in [0.15, 0.2) is 5.78 Å². The van der Waals surface area contributed by atoms with Crippen LogP contribution in [0.2, 0.25) is 0 Å². The fraction of sp³-hybridized carbons (Fsp3) is 0.500. The first kappa shape index (κ1) is 15.1. The lowest BCUT2D eigenvalue weighted by molar-refractivity contribution is 0.0977. The number of benzene rings is 1. The van der Waals surface area contributed by atoms with E-state index in [0.717, 1.165) is 5.56 Å². The molecule has 0 N–H and O–H groups in total. The lowest BCUT2D eigenvalue weighted by Crippen LogP contribution is -2.04. The number of Topliss-reactive ketones (excluding diaryl/α,β-unsaturated/α-hetero) is 1. The Morgan fingerprint density at radius 1 is 1.47 bits per heavy atom. The van der Waals surface area contributed by atoms with Crippen LogP contribution < -0.4 is 4.74 Å². The Kier molecular flexibility index (Phi) is 5.90. The van der Waals surface area contributed by atoms with Gasteiger partial charge in [0.05, 0.1) is 12.7 Å². The molecule has 1 rings (SSSR count). The Morgan fingerprint density at radius 3 is 2.79 bits per heavy atom. The molecule has 1 aromatic rings. The second-order valence-corrected chi connectivity index (χ2v) is 4.60. The quantitative estimate of drug-likeness (QED) is 0.244. The van der Waals surface area contributed by atoms with Gasteiger partial charge in [0, 0.05) is 17.9 Å². The van der Waals surface area contributed by atoms with Gasteiger partial charge in [0.25, 0.3) is 0 Å². The van der Waals surface area contributed by atoms with Crippen molar-refractivity contribution >= 4 is 5.78 Å². The van der Waals surface area contributed by atoms with Crippen molar-refractivity contribution in [1.29, 1.82) is 0 Å². The zero-order valence-electron chi connectivity index (χ0n) is 11.6. The summed E-state index contributed by atoms with van der Waals surface area (Å²) in [5, 5.41) is 3.42. The Balaban J connectivity index is 2.86. The van der Waals surface area contributed by atoms with E-state index in [9.17, 15) is 4.79 Å². The summed E-state index contributed by atoms with van der Waals surface area (Å²) in [6.45, 7) is 4.50. The average molecular weight is 261 g/mol. The summed E-state index contributed by atoms with van der Waals surface area (Å²) in [7, 11) is 1.56. The number of azide groups is 1. The molecule has 0 spiro atoms. The van der Waals surface area contributed by atoms with Crippen molar-refractivity contribution in [1.82, 2.24) is 0 Å². The van der Waals surface area contributed by atoms with Gasteiger partial charge < -0.3 is 4.74 Å². The molecule has 1 aromatic carbocycles. The van der Waals surface area contributed by atoms with Gasteiger partial charge in [-0.3, -0.25) is 4.79 Å². The molecule has 0 aliphatic heterocycles. The van der Waals surface area contributed by atoms with Crippen molar-refractivity contribution in [2.24, 2.45) is 5.11 Å². The number of carbonyl (C=O) groups is 1. The van der Waals surface area contributed by atoms with Gasteiger partial charge in [-0.1, -0.05) is 25.0 Å². The molecule has 0 radical (unpaired) electrons. The Hall–Kier alpha value is -2.00. The van der Waals surface area contributed by atoms with Crippen LogP contribution in [-0.2, 0) is 0 Å². The van der Waals surface area contributed by atoms with Crippen LogP contribution in [0.1, 0.15) is 48.5 Å². The smallest absolute Gasteiger partial charge is 0.166 e. The molecule has 0 heterocycles. The molecule has 0 aromatic heterocycles. The number of methoxy groups -OCH3 is 1. The third-order valence-electron chi connectivity index (χ3n) is 2.92. The normalized spacial score (nSPS) is 10.1. The van der Waals surface area contributed by atoms with E-state index in [1.165, 1.54) is 0 Å². The lowest BCUT2D eigenvalue weighted by atomic mass is 9.97. The molecule has 5 nitrogen and oxygen atoms in total. The van der Waals surface area contributed by atoms with Gasteiger partial charge in [-0.25, -0.2) is 0 Å². The second kappa shape index (κ2) is 7.44. The SMILES string of the molecule is COc1ccc(C(C)C)cc1C(=O)CCCN=[N+]=[N-]. The number of carbonyl (C=O) groups excluding carboxylic acids is 1. The predicted octanol–water partition coefficient (Wildman–Crippen LogP) is 4.09. The molecular weight excluding hydrogens is 242 g/mol. The summed E-state index contributed by atoms with van der Waals surface area (Å²) < 4.78 is 5.23. The third kappa shape index (κ3) is 4.30. The first-order chi connectivity index (χ1) is 9.10. The van der Waals surface area contributed by atoms with Crippen molar-refractivity contribution in [3.8, 4) is 5.75 Å². The van der Waals surface area contributed by atoms with Gasteiger partial charge >= 0.3 is 0 Å². The van der Waals surface area contributed by atoms with E-state index >= 15 is 0 Å². The summed E-state index contributed by atoms with van der Waals surface area (Å²) in [6.07, 6.45) is 0.912. The molecular formula is C14H19N3O2. The van der Waals surface area contributed by atoms with Crippen molar-refractivity contribution in [3.05, 3.63) is 39.8 Å². The topological polar surface area (TPSA) is 75.1 Å². The van der Waals surface area contributed by atoms with Crippen LogP contribution in [0.3, 0.4) is 0 Å². The summed E-state index contributed by atoms with van der Waals surface area (Å²) in [4.78, 5) is 14.8. The molecule has 0 bridgehead atoms. The largest absolute Gasteiger partial charge is 0.496 e. The number of hydrogen-bond donors (Lipinski definition) is 0. The molecule has 0 amide bonds. The van der Waals surface area contributed by atoms with Crippen molar-refractivity contribution < 1.29 is 9.53 Å². The second-order valence-electron chi connectivity index (χ2n) is 4.60. The predicted molar refractivity (Wildman–Crippen MR) is 74.7 cm³/mol. The summed E-state index contributed by atoms with van der Waals surface area (Å²) in [5.74, 6) is 0.978.